The molecule has 1 aromatic rings. The van der Waals surface area contributed by atoms with Gasteiger partial charge >= 0.3 is 11.9 Å². The summed E-state index contributed by atoms with van der Waals surface area (Å²) in [5, 5.41) is 0. The van der Waals surface area contributed by atoms with Crippen molar-refractivity contribution < 1.29 is 23.5 Å². The number of carbonyl (C=O) groups is 2. The van der Waals surface area contributed by atoms with Gasteiger partial charge in [-0.3, -0.25) is 9.59 Å². The van der Waals surface area contributed by atoms with E-state index in [1.807, 2.05) is 6.07 Å². The molecule has 0 radical (unpaired) electrons. The van der Waals surface area contributed by atoms with E-state index in [1.165, 1.54) is 82.0 Å². The third-order valence-corrected chi connectivity index (χ3v) is 6.12. The Kier molecular flexibility index (Phi) is 19.4. The number of benzene rings is 1. The lowest BCUT2D eigenvalue weighted by Crippen LogP contribution is -2.50. The highest BCUT2D eigenvalue weighted by molar-refractivity contribution is 6.00. The largest absolute Gasteiger partial charge is 0.465 e. The number of esters is 2. The number of hydrogen-bond acceptors (Lipinski definition) is 4. The number of ether oxygens (including phenoxy) is 2. The smallest absolute Gasteiger partial charge is 0.324 e. The van der Waals surface area contributed by atoms with Crippen molar-refractivity contribution in [3.8, 4) is 0 Å². The molecule has 0 fully saturated rings. The number of quaternary nitrogens is 1. The third kappa shape index (κ3) is 13.1. The summed E-state index contributed by atoms with van der Waals surface area (Å²) < 4.78 is 11.2. The van der Waals surface area contributed by atoms with Gasteiger partial charge in [0.2, 0.25) is 0 Å². The van der Waals surface area contributed by atoms with Crippen LogP contribution < -0.4 is 0 Å². The van der Waals surface area contributed by atoms with Gasteiger partial charge in [0.25, 0.3) is 0 Å². The molecule has 0 atom stereocenters. The first-order valence-electron chi connectivity index (χ1n) is 13.7. The Morgan fingerprint density at radius 2 is 1.00 bits per heavy atom. The van der Waals surface area contributed by atoms with Crippen molar-refractivity contribution in [2.75, 3.05) is 39.4 Å². The Hall–Kier alpha value is -1.88. The van der Waals surface area contributed by atoms with Crippen LogP contribution >= 0.6 is 0 Å². The molecule has 0 N–H and O–H groups in total. The van der Waals surface area contributed by atoms with Crippen LogP contribution in [0.2, 0.25) is 0 Å². The van der Waals surface area contributed by atoms with Crippen molar-refractivity contribution in [2.24, 2.45) is 0 Å². The Balaban J connectivity index is 0.000000641. The van der Waals surface area contributed by atoms with Crippen LogP contribution in [0.5, 0.6) is 0 Å². The predicted molar refractivity (Wildman–Crippen MR) is 142 cm³/mol. The lowest BCUT2D eigenvalue weighted by molar-refractivity contribution is -0.929. The van der Waals surface area contributed by atoms with E-state index < -0.39 is 17.9 Å². The van der Waals surface area contributed by atoms with Crippen molar-refractivity contribution in [3.63, 3.8) is 0 Å². The average molecular weight is 479 g/mol. The molecule has 1 rings (SSSR count). The van der Waals surface area contributed by atoms with Gasteiger partial charge in [-0.25, -0.2) is 0 Å². The molecule has 196 valence electrons. The van der Waals surface area contributed by atoms with Gasteiger partial charge in [-0.05, 0) is 45.1 Å². The van der Waals surface area contributed by atoms with Gasteiger partial charge in [0.15, 0.2) is 5.92 Å². The van der Waals surface area contributed by atoms with Gasteiger partial charge in [0.05, 0.1) is 39.4 Å². The zero-order valence-corrected chi connectivity index (χ0v) is 22.9. The molecule has 0 aliphatic rings. The van der Waals surface area contributed by atoms with Crippen molar-refractivity contribution in [1.82, 2.24) is 0 Å². The number of carbonyl (C=O) groups excluding carboxylic acids is 2. The lowest BCUT2D eigenvalue weighted by atomic mass is 9.99. The molecular weight excluding hydrogens is 426 g/mol. The molecule has 0 saturated heterocycles. The first-order chi connectivity index (χ1) is 16.4. The first-order valence-corrected chi connectivity index (χ1v) is 13.7. The molecule has 0 aliphatic carbocycles. The van der Waals surface area contributed by atoms with Crippen LogP contribution in [0.3, 0.4) is 0 Å². The maximum Gasteiger partial charge on any atom is 0.324 e. The van der Waals surface area contributed by atoms with Gasteiger partial charge in [-0.2, -0.15) is 0 Å². The second kappa shape index (κ2) is 20.5. The zero-order valence-electron chi connectivity index (χ0n) is 22.9. The van der Waals surface area contributed by atoms with Crippen LogP contribution in [0.15, 0.2) is 30.3 Å². The number of nitrogens with zero attached hydrogens (tertiary/aromatic N) is 1. The monoisotopic (exact) mass is 478 g/mol. The minimum Gasteiger partial charge on any atom is -0.465 e. The number of unbranched alkanes of at least 4 members (excludes halogenated alkanes) is 4. The molecule has 1 aromatic carbocycles. The highest BCUT2D eigenvalue weighted by Crippen LogP contribution is 2.19. The van der Waals surface area contributed by atoms with E-state index in [9.17, 15) is 9.59 Å². The molecule has 0 amide bonds. The molecule has 0 aromatic heterocycles. The molecule has 0 bridgehead atoms. The molecule has 0 spiro atoms. The van der Waals surface area contributed by atoms with Gasteiger partial charge in [0, 0.05) is 0 Å². The molecular formula is C29H52NO4+. The van der Waals surface area contributed by atoms with E-state index in [1.54, 1.807) is 38.1 Å². The average Bonchev–Trinajstić information content (AvgIpc) is 2.85. The lowest BCUT2D eigenvalue weighted by Gasteiger charge is -2.39. The van der Waals surface area contributed by atoms with E-state index in [0.717, 1.165) is 0 Å². The summed E-state index contributed by atoms with van der Waals surface area (Å²) in [5.74, 6) is -2.13. The Morgan fingerprint density at radius 3 is 1.29 bits per heavy atom. The minimum absolute atomic E-state index is 0.238. The van der Waals surface area contributed by atoms with E-state index in [4.69, 9.17) is 9.47 Å². The van der Waals surface area contributed by atoms with Crippen molar-refractivity contribution >= 4 is 11.9 Å². The first kappa shape index (κ1) is 32.1. The minimum atomic E-state index is -0.990. The second-order valence-corrected chi connectivity index (χ2v) is 9.00. The normalized spacial score (nSPS) is 11.0. The van der Waals surface area contributed by atoms with Crippen LogP contribution in [0.4, 0.5) is 0 Å². The highest BCUT2D eigenvalue weighted by atomic mass is 16.6. The number of rotatable bonds is 17. The van der Waals surface area contributed by atoms with Crippen molar-refractivity contribution in [2.45, 2.75) is 98.8 Å². The van der Waals surface area contributed by atoms with Crippen LogP contribution in [0.25, 0.3) is 0 Å². The molecule has 5 nitrogen and oxygen atoms in total. The fourth-order valence-electron chi connectivity index (χ4n) is 4.11. The quantitative estimate of drug-likeness (QED) is 0.139. The zero-order chi connectivity index (χ0) is 25.7. The van der Waals surface area contributed by atoms with Gasteiger partial charge in [0.1, 0.15) is 0 Å². The van der Waals surface area contributed by atoms with Crippen LogP contribution in [0.1, 0.15) is 104 Å². The van der Waals surface area contributed by atoms with Crippen LogP contribution in [0, 0.1) is 0 Å². The Labute approximate surface area is 209 Å². The van der Waals surface area contributed by atoms with E-state index in [0.29, 0.717) is 5.56 Å². The van der Waals surface area contributed by atoms with Crippen LogP contribution in [-0.2, 0) is 19.1 Å². The topological polar surface area (TPSA) is 52.6 Å². The highest BCUT2D eigenvalue weighted by Gasteiger charge is 2.31. The predicted octanol–water partition coefficient (Wildman–Crippen LogP) is 6.90. The molecule has 0 saturated carbocycles. The van der Waals surface area contributed by atoms with Crippen LogP contribution in [-0.4, -0.2) is 55.8 Å². The molecule has 0 heterocycles. The standard InChI is InChI=1S/C16H36N.C13H16O4/c1-5-9-13-17(14-10-6-2,15-11-7-3)16-12-8-4;1-3-16-12(14)11(13(15)17-4-2)10-8-6-5-7-9-10/h5-16H2,1-4H3;5-9,11H,3-4H2,1-2H3/q+1;. The number of hydrogen-bond donors (Lipinski definition) is 0. The maximum atomic E-state index is 11.7. The molecule has 34 heavy (non-hydrogen) atoms. The summed E-state index contributed by atoms with van der Waals surface area (Å²) in [6.45, 7) is 18.9. The fraction of sp³-hybridized carbons (Fsp3) is 0.724. The van der Waals surface area contributed by atoms with Crippen molar-refractivity contribution in [3.05, 3.63) is 35.9 Å². The summed E-state index contributed by atoms with van der Waals surface area (Å²) in [5.41, 5.74) is 0.587. The summed E-state index contributed by atoms with van der Waals surface area (Å²) in [4.78, 5) is 23.5. The maximum absolute atomic E-state index is 11.7. The summed E-state index contributed by atoms with van der Waals surface area (Å²) in [6.07, 6.45) is 11.1. The second-order valence-electron chi connectivity index (χ2n) is 9.00. The van der Waals surface area contributed by atoms with Gasteiger partial charge in [-0.1, -0.05) is 83.7 Å². The fourth-order valence-corrected chi connectivity index (χ4v) is 4.11. The Morgan fingerprint density at radius 1 is 0.647 bits per heavy atom. The van der Waals surface area contributed by atoms with Gasteiger partial charge in [-0.15, -0.1) is 0 Å². The molecule has 5 heteroatoms. The Bertz CT molecular complexity index is 577. The SMILES string of the molecule is CCCC[N+](CCCC)(CCCC)CCCC.CCOC(=O)C(C(=O)OCC)c1ccccc1. The van der Waals surface area contributed by atoms with E-state index >= 15 is 0 Å². The van der Waals surface area contributed by atoms with E-state index in [-0.39, 0.29) is 13.2 Å². The summed E-state index contributed by atoms with van der Waals surface area (Å²) in [6, 6.07) is 8.76. The van der Waals surface area contributed by atoms with E-state index in [2.05, 4.69) is 27.7 Å². The summed E-state index contributed by atoms with van der Waals surface area (Å²) >= 11 is 0. The third-order valence-electron chi connectivity index (χ3n) is 6.12. The molecule has 0 aliphatic heterocycles. The van der Waals surface area contributed by atoms with Crippen molar-refractivity contribution in [1.29, 1.82) is 0 Å². The van der Waals surface area contributed by atoms with Gasteiger partial charge < -0.3 is 14.0 Å². The summed E-state index contributed by atoms with van der Waals surface area (Å²) in [7, 11) is 0. The molecule has 0 unspecified atom stereocenters.